The lowest BCUT2D eigenvalue weighted by Gasteiger charge is -2.33. The van der Waals surface area contributed by atoms with Crippen LogP contribution in [-0.4, -0.2) is 67.2 Å². The number of ether oxygens (including phenoxy) is 1. The number of rotatable bonds is 3. The molecule has 9 nitrogen and oxygen atoms in total. The van der Waals surface area contributed by atoms with Crippen molar-refractivity contribution in [2.24, 2.45) is 0 Å². The molecule has 0 saturated carbocycles. The molecule has 0 amide bonds. The van der Waals surface area contributed by atoms with Gasteiger partial charge in [-0.05, 0) is 0 Å². The van der Waals surface area contributed by atoms with Gasteiger partial charge in [0, 0.05) is 26.2 Å². The van der Waals surface area contributed by atoms with Crippen molar-refractivity contribution in [2.75, 3.05) is 50.2 Å². The molecule has 1 aliphatic rings. The van der Waals surface area contributed by atoms with Crippen molar-refractivity contribution in [1.82, 2.24) is 19.3 Å². The van der Waals surface area contributed by atoms with E-state index < -0.39 is 10.0 Å². The molecular formula is C9H16N6O3S. The van der Waals surface area contributed by atoms with Crippen LogP contribution in [0, 0.1) is 0 Å². The minimum atomic E-state index is -3.15. The number of hydrogen-bond donors (Lipinski definition) is 1. The van der Waals surface area contributed by atoms with E-state index in [-0.39, 0.29) is 12.0 Å². The third-order valence-electron chi connectivity index (χ3n) is 2.79. The largest absolute Gasteiger partial charge is 0.467 e. The fraction of sp³-hybridized carbons (Fsp3) is 0.667. The summed E-state index contributed by atoms with van der Waals surface area (Å²) in [6, 6.07) is 0.146. The van der Waals surface area contributed by atoms with Crippen molar-refractivity contribution in [3.8, 4) is 6.01 Å². The molecule has 0 aliphatic carbocycles. The SMILES string of the molecule is COc1nc(N)nc(N2CCN(S(C)(=O)=O)CC2)n1. The molecule has 2 heterocycles. The molecule has 1 fully saturated rings. The van der Waals surface area contributed by atoms with Gasteiger partial charge in [0.1, 0.15) is 0 Å². The molecule has 2 rings (SSSR count). The first kappa shape index (κ1) is 13.7. The summed E-state index contributed by atoms with van der Waals surface area (Å²) in [7, 11) is -1.70. The van der Waals surface area contributed by atoms with Crippen molar-refractivity contribution in [2.45, 2.75) is 0 Å². The Kier molecular flexibility index (Phi) is 3.71. The Labute approximate surface area is 111 Å². The van der Waals surface area contributed by atoms with Gasteiger partial charge in [-0.15, -0.1) is 0 Å². The molecule has 10 heteroatoms. The number of aromatic nitrogens is 3. The average Bonchev–Trinajstić information content (AvgIpc) is 2.37. The molecule has 1 aromatic rings. The van der Waals surface area contributed by atoms with Gasteiger partial charge >= 0.3 is 6.01 Å². The van der Waals surface area contributed by atoms with Crippen molar-refractivity contribution in [3.63, 3.8) is 0 Å². The number of methoxy groups -OCH3 is 1. The summed E-state index contributed by atoms with van der Waals surface area (Å²) in [5, 5.41) is 0. The first-order valence-corrected chi connectivity index (χ1v) is 7.50. The Morgan fingerprint density at radius 1 is 1.16 bits per heavy atom. The molecule has 106 valence electrons. The molecule has 0 aromatic carbocycles. The van der Waals surface area contributed by atoms with Crippen LogP contribution < -0.4 is 15.4 Å². The highest BCUT2D eigenvalue weighted by Gasteiger charge is 2.25. The van der Waals surface area contributed by atoms with Gasteiger partial charge in [-0.3, -0.25) is 0 Å². The van der Waals surface area contributed by atoms with E-state index in [4.69, 9.17) is 10.5 Å². The summed E-state index contributed by atoms with van der Waals surface area (Å²) >= 11 is 0. The average molecular weight is 288 g/mol. The number of anilines is 2. The van der Waals surface area contributed by atoms with Crippen LogP contribution in [0.25, 0.3) is 0 Å². The first-order valence-electron chi connectivity index (χ1n) is 5.66. The van der Waals surface area contributed by atoms with Crippen LogP contribution in [0.15, 0.2) is 0 Å². The third kappa shape index (κ3) is 3.20. The van der Waals surface area contributed by atoms with E-state index in [9.17, 15) is 8.42 Å². The van der Waals surface area contributed by atoms with Gasteiger partial charge in [-0.2, -0.15) is 19.3 Å². The maximum Gasteiger partial charge on any atom is 0.322 e. The highest BCUT2D eigenvalue weighted by Crippen LogP contribution is 2.16. The van der Waals surface area contributed by atoms with E-state index in [2.05, 4.69) is 15.0 Å². The second kappa shape index (κ2) is 5.13. The molecule has 0 unspecified atom stereocenters. The Morgan fingerprint density at radius 2 is 1.79 bits per heavy atom. The molecule has 2 N–H and O–H groups in total. The lowest BCUT2D eigenvalue weighted by atomic mass is 10.4. The number of nitrogens with two attached hydrogens (primary N) is 1. The van der Waals surface area contributed by atoms with E-state index in [1.165, 1.54) is 17.7 Å². The number of nitrogen functional groups attached to an aromatic ring is 1. The van der Waals surface area contributed by atoms with Gasteiger partial charge in [-0.1, -0.05) is 0 Å². The van der Waals surface area contributed by atoms with E-state index in [1.54, 1.807) is 0 Å². The van der Waals surface area contributed by atoms with Crippen LogP contribution in [0.5, 0.6) is 6.01 Å². The van der Waals surface area contributed by atoms with Gasteiger partial charge < -0.3 is 15.4 Å². The predicted molar refractivity (Wildman–Crippen MR) is 69.4 cm³/mol. The minimum absolute atomic E-state index is 0.0763. The quantitative estimate of drug-likeness (QED) is 0.718. The summed E-state index contributed by atoms with van der Waals surface area (Å²) in [6.07, 6.45) is 1.20. The molecule has 1 saturated heterocycles. The van der Waals surface area contributed by atoms with Crippen LogP contribution in [-0.2, 0) is 10.0 Å². The molecule has 0 spiro atoms. The Balaban J connectivity index is 2.11. The number of nitrogens with zero attached hydrogens (tertiary/aromatic N) is 5. The zero-order chi connectivity index (χ0) is 14.0. The van der Waals surface area contributed by atoms with Gasteiger partial charge in [0.15, 0.2) is 0 Å². The van der Waals surface area contributed by atoms with Crippen molar-refractivity contribution in [3.05, 3.63) is 0 Å². The summed E-state index contributed by atoms with van der Waals surface area (Å²) in [4.78, 5) is 13.8. The summed E-state index contributed by atoms with van der Waals surface area (Å²) < 4.78 is 29.2. The van der Waals surface area contributed by atoms with Gasteiger partial charge in [-0.25, -0.2) is 8.42 Å². The molecule has 0 radical (unpaired) electrons. The number of sulfonamides is 1. The van der Waals surface area contributed by atoms with E-state index in [0.29, 0.717) is 32.1 Å². The number of piperazine rings is 1. The van der Waals surface area contributed by atoms with E-state index in [1.807, 2.05) is 4.90 Å². The van der Waals surface area contributed by atoms with Crippen LogP contribution in [0.2, 0.25) is 0 Å². The van der Waals surface area contributed by atoms with Crippen LogP contribution in [0.4, 0.5) is 11.9 Å². The Hall–Kier alpha value is -1.68. The Morgan fingerprint density at radius 3 is 2.32 bits per heavy atom. The number of hydrogen-bond acceptors (Lipinski definition) is 8. The highest BCUT2D eigenvalue weighted by molar-refractivity contribution is 7.88. The molecule has 1 aliphatic heterocycles. The third-order valence-corrected chi connectivity index (χ3v) is 4.10. The smallest absolute Gasteiger partial charge is 0.322 e. The maximum absolute atomic E-state index is 11.4. The molecular weight excluding hydrogens is 272 g/mol. The molecule has 19 heavy (non-hydrogen) atoms. The predicted octanol–water partition coefficient (Wildman–Crippen LogP) is -1.46. The van der Waals surface area contributed by atoms with E-state index in [0.717, 1.165) is 0 Å². The summed E-state index contributed by atoms with van der Waals surface area (Å²) in [6.45, 7) is 1.79. The maximum atomic E-state index is 11.4. The molecule has 0 atom stereocenters. The Bertz CT molecular complexity index is 555. The van der Waals surface area contributed by atoms with E-state index >= 15 is 0 Å². The lowest BCUT2D eigenvalue weighted by molar-refractivity contribution is 0.371. The standard InChI is InChI=1S/C9H16N6O3S/c1-18-9-12-7(10)11-8(13-9)14-3-5-15(6-4-14)19(2,16)17/h3-6H2,1-2H3,(H2,10,11,12,13). The van der Waals surface area contributed by atoms with Crippen molar-refractivity contribution >= 4 is 21.9 Å². The molecule has 1 aromatic heterocycles. The minimum Gasteiger partial charge on any atom is -0.467 e. The van der Waals surface area contributed by atoms with Gasteiger partial charge in [0.2, 0.25) is 21.9 Å². The highest BCUT2D eigenvalue weighted by atomic mass is 32.2. The fourth-order valence-corrected chi connectivity index (χ4v) is 2.64. The zero-order valence-electron chi connectivity index (χ0n) is 10.8. The topological polar surface area (TPSA) is 115 Å². The normalized spacial score (nSPS) is 17.5. The zero-order valence-corrected chi connectivity index (χ0v) is 11.6. The van der Waals surface area contributed by atoms with Crippen LogP contribution in [0.3, 0.4) is 0 Å². The summed E-state index contributed by atoms with van der Waals surface area (Å²) in [5.74, 6) is 0.477. The van der Waals surface area contributed by atoms with Crippen molar-refractivity contribution in [1.29, 1.82) is 0 Å². The second-order valence-electron chi connectivity index (χ2n) is 4.13. The lowest BCUT2D eigenvalue weighted by Crippen LogP contribution is -2.48. The summed E-state index contributed by atoms with van der Waals surface area (Å²) in [5.41, 5.74) is 5.56. The van der Waals surface area contributed by atoms with Crippen molar-refractivity contribution < 1.29 is 13.2 Å². The fourth-order valence-electron chi connectivity index (χ4n) is 1.81. The second-order valence-corrected chi connectivity index (χ2v) is 6.11. The first-order chi connectivity index (χ1) is 8.90. The van der Waals surface area contributed by atoms with Crippen LogP contribution in [0.1, 0.15) is 0 Å². The van der Waals surface area contributed by atoms with Gasteiger partial charge in [0.05, 0.1) is 13.4 Å². The van der Waals surface area contributed by atoms with Gasteiger partial charge in [0.25, 0.3) is 0 Å². The molecule has 0 bridgehead atoms. The van der Waals surface area contributed by atoms with Crippen LogP contribution >= 0.6 is 0 Å². The monoisotopic (exact) mass is 288 g/mol.